The highest BCUT2D eigenvalue weighted by atomic mass is 16.2. The number of rotatable bonds is 16. The number of unbranched alkanes of at least 4 members (excludes halogenated alkanes) is 15. The van der Waals surface area contributed by atoms with Crippen molar-refractivity contribution in [1.29, 1.82) is 5.26 Å². The lowest BCUT2D eigenvalue weighted by Crippen LogP contribution is -1.84. The van der Waals surface area contributed by atoms with Crippen LogP contribution in [0.2, 0.25) is 0 Å². The summed E-state index contributed by atoms with van der Waals surface area (Å²) in [7, 11) is 0. The molecule has 0 N–H and O–H groups in total. The van der Waals surface area contributed by atoms with Gasteiger partial charge in [-0.05, 0) is 18.6 Å². The molecule has 2 nitrogen and oxygen atoms in total. The molecule has 2 heteroatoms. The van der Waals surface area contributed by atoms with Crippen molar-refractivity contribution < 1.29 is 5.11 Å². The van der Waals surface area contributed by atoms with Gasteiger partial charge >= 0.3 is 0 Å². The number of benzene rings is 1. The molecule has 1 radical (unpaired) electrons. The summed E-state index contributed by atoms with van der Waals surface area (Å²) in [6.07, 6.45) is 21.8. The number of nitriles is 1. The van der Waals surface area contributed by atoms with Gasteiger partial charge in [0.1, 0.15) is 0 Å². The Balaban J connectivity index is 0.000000694. The van der Waals surface area contributed by atoms with Gasteiger partial charge in [0.15, 0.2) is 0 Å². The highest BCUT2D eigenvalue weighted by molar-refractivity contribution is 5.27. The Morgan fingerprint density at radius 2 is 1.00 bits per heavy atom. The predicted molar refractivity (Wildman–Crippen MR) is 116 cm³/mol. The maximum Gasteiger partial charge on any atom is 0.0991 e. The van der Waals surface area contributed by atoms with Crippen molar-refractivity contribution in [3.63, 3.8) is 0 Å². The average molecular weight is 373 g/mol. The maximum absolute atomic E-state index is 10.3. The lowest BCUT2D eigenvalue weighted by molar-refractivity contribution is 0.186. The zero-order chi connectivity index (χ0) is 19.8. The minimum Gasteiger partial charge on any atom is -0.237 e. The van der Waals surface area contributed by atoms with E-state index in [-0.39, 0.29) is 6.61 Å². The van der Waals surface area contributed by atoms with Crippen LogP contribution in [0.15, 0.2) is 30.3 Å². The molecule has 1 aromatic carbocycles. The molecule has 0 atom stereocenters. The summed E-state index contributed by atoms with van der Waals surface area (Å²) < 4.78 is 0. The Morgan fingerprint density at radius 3 is 1.30 bits per heavy atom. The SMILES string of the molecule is CCCCCCCCCCCCCCCCCC[O].N#Cc1ccccc1. The quantitative estimate of drug-likeness (QED) is 0.269. The van der Waals surface area contributed by atoms with Crippen LogP contribution in [-0.4, -0.2) is 6.61 Å². The first-order valence-electron chi connectivity index (χ1n) is 11.4. The van der Waals surface area contributed by atoms with Gasteiger partial charge in [0.25, 0.3) is 0 Å². The summed E-state index contributed by atoms with van der Waals surface area (Å²) in [5.41, 5.74) is 0.715. The van der Waals surface area contributed by atoms with Crippen LogP contribution >= 0.6 is 0 Å². The minimum atomic E-state index is 0.123. The maximum atomic E-state index is 10.3. The van der Waals surface area contributed by atoms with Crippen molar-refractivity contribution in [2.24, 2.45) is 0 Å². The van der Waals surface area contributed by atoms with E-state index in [0.717, 1.165) is 12.8 Å². The fourth-order valence-electron chi connectivity index (χ4n) is 3.16. The van der Waals surface area contributed by atoms with E-state index in [2.05, 4.69) is 6.92 Å². The van der Waals surface area contributed by atoms with E-state index in [4.69, 9.17) is 5.26 Å². The summed E-state index contributed by atoms with van der Waals surface area (Å²) in [5, 5.41) is 18.6. The van der Waals surface area contributed by atoms with Gasteiger partial charge in [-0.2, -0.15) is 5.26 Å². The molecular weight excluding hydrogens is 330 g/mol. The Morgan fingerprint density at radius 1 is 0.630 bits per heavy atom. The molecule has 0 aliphatic heterocycles. The fourth-order valence-corrected chi connectivity index (χ4v) is 3.16. The standard InChI is InChI=1S/C18H37O.C7H5N/c1-2-3-4-5-6-7-8-9-10-11-12-13-14-15-16-17-18-19;8-6-7-4-2-1-3-5-7/h2-18H2,1H3;1-5H. The van der Waals surface area contributed by atoms with Gasteiger partial charge in [-0.15, -0.1) is 0 Å². The highest BCUT2D eigenvalue weighted by Crippen LogP contribution is 2.13. The lowest BCUT2D eigenvalue weighted by Gasteiger charge is -2.03. The summed E-state index contributed by atoms with van der Waals surface area (Å²) in [6.45, 7) is 2.41. The van der Waals surface area contributed by atoms with Crippen LogP contribution < -0.4 is 0 Å². The van der Waals surface area contributed by atoms with Crippen molar-refractivity contribution >= 4 is 0 Å². The lowest BCUT2D eigenvalue weighted by atomic mass is 10.0. The third-order valence-electron chi connectivity index (χ3n) is 4.90. The molecule has 0 aliphatic rings. The van der Waals surface area contributed by atoms with Crippen LogP contribution in [0.3, 0.4) is 0 Å². The molecule has 1 aromatic rings. The fraction of sp³-hybridized carbons (Fsp3) is 0.720. The molecule has 0 spiro atoms. The molecule has 0 bridgehead atoms. The number of hydrogen-bond acceptors (Lipinski definition) is 1. The summed E-state index contributed by atoms with van der Waals surface area (Å²) in [5.74, 6) is 0. The van der Waals surface area contributed by atoms with Crippen molar-refractivity contribution in [1.82, 2.24) is 0 Å². The monoisotopic (exact) mass is 372 g/mol. The van der Waals surface area contributed by atoms with E-state index < -0.39 is 0 Å². The van der Waals surface area contributed by atoms with E-state index in [1.807, 2.05) is 24.3 Å². The second-order valence-corrected chi connectivity index (χ2v) is 7.49. The largest absolute Gasteiger partial charge is 0.237 e. The van der Waals surface area contributed by atoms with Crippen molar-refractivity contribution in [2.75, 3.05) is 6.61 Å². The molecule has 27 heavy (non-hydrogen) atoms. The van der Waals surface area contributed by atoms with Gasteiger partial charge < -0.3 is 0 Å². The summed E-state index contributed by atoms with van der Waals surface area (Å²) in [6, 6.07) is 11.2. The predicted octanol–water partition coefficient (Wildman–Crippen LogP) is 8.24. The average Bonchev–Trinajstić information content (AvgIpc) is 2.72. The van der Waals surface area contributed by atoms with Gasteiger partial charge in [-0.1, -0.05) is 121 Å². The van der Waals surface area contributed by atoms with E-state index in [1.54, 1.807) is 12.1 Å². The van der Waals surface area contributed by atoms with E-state index >= 15 is 0 Å². The molecular formula is C25H42NO. The summed E-state index contributed by atoms with van der Waals surface area (Å²) in [4.78, 5) is 0. The zero-order valence-electron chi connectivity index (χ0n) is 17.8. The summed E-state index contributed by atoms with van der Waals surface area (Å²) >= 11 is 0. The van der Waals surface area contributed by atoms with Crippen LogP contribution in [0.1, 0.15) is 115 Å². The van der Waals surface area contributed by atoms with Crippen molar-refractivity contribution in [3.05, 3.63) is 35.9 Å². The minimum absolute atomic E-state index is 0.123. The Kier molecular flexibility index (Phi) is 21.6. The van der Waals surface area contributed by atoms with Gasteiger partial charge in [0.2, 0.25) is 0 Å². The second-order valence-electron chi connectivity index (χ2n) is 7.49. The van der Waals surface area contributed by atoms with E-state index in [1.165, 1.54) is 89.9 Å². The molecule has 0 fully saturated rings. The first-order chi connectivity index (χ1) is 13.3. The smallest absolute Gasteiger partial charge is 0.0991 e. The third kappa shape index (κ3) is 20.8. The highest BCUT2D eigenvalue weighted by Gasteiger charge is 1.94. The molecule has 0 heterocycles. The molecule has 0 unspecified atom stereocenters. The Bertz CT molecular complexity index is 408. The van der Waals surface area contributed by atoms with Gasteiger partial charge in [0.05, 0.1) is 18.2 Å². The molecule has 0 amide bonds. The van der Waals surface area contributed by atoms with E-state index in [0.29, 0.717) is 5.56 Å². The molecule has 153 valence electrons. The van der Waals surface area contributed by atoms with Crippen molar-refractivity contribution in [3.8, 4) is 6.07 Å². The normalized spacial score (nSPS) is 10.1. The zero-order valence-corrected chi connectivity index (χ0v) is 17.8. The number of hydrogen-bond donors (Lipinski definition) is 0. The molecule has 0 aliphatic carbocycles. The number of nitrogens with zero attached hydrogens (tertiary/aromatic N) is 1. The first kappa shape index (κ1) is 25.7. The van der Waals surface area contributed by atoms with E-state index in [9.17, 15) is 5.11 Å². The van der Waals surface area contributed by atoms with Crippen LogP contribution in [0, 0.1) is 11.3 Å². The molecule has 0 saturated carbocycles. The van der Waals surface area contributed by atoms with Crippen LogP contribution in [0.5, 0.6) is 0 Å². The van der Waals surface area contributed by atoms with Crippen LogP contribution in [-0.2, 0) is 5.11 Å². The molecule has 0 saturated heterocycles. The van der Waals surface area contributed by atoms with Crippen LogP contribution in [0.4, 0.5) is 0 Å². The van der Waals surface area contributed by atoms with Gasteiger partial charge in [-0.3, -0.25) is 0 Å². The van der Waals surface area contributed by atoms with Crippen molar-refractivity contribution in [2.45, 2.75) is 110 Å². The van der Waals surface area contributed by atoms with Gasteiger partial charge in [-0.25, -0.2) is 5.11 Å². The van der Waals surface area contributed by atoms with Crippen LogP contribution in [0.25, 0.3) is 0 Å². The Hall–Kier alpha value is -1.33. The molecule has 1 rings (SSSR count). The topological polar surface area (TPSA) is 43.7 Å². The molecule has 0 aromatic heterocycles. The Labute approximate surface area is 169 Å². The first-order valence-corrected chi connectivity index (χ1v) is 11.4. The van der Waals surface area contributed by atoms with Gasteiger partial charge in [0, 0.05) is 0 Å². The second kappa shape index (κ2) is 22.7. The third-order valence-corrected chi connectivity index (χ3v) is 4.90.